The molecule has 0 aromatic carbocycles. The van der Waals surface area contributed by atoms with Crippen LogP contribution in [0.5, 0.6) is 0 Å². The molecular formula is C40H51NO15. The highest BCUT2D eigenvalue weighted by Crippen LogP contribution is 2.52. The lowest BCUT2D eigenvalue weighted by Crippen LogP contribution is -2.54. The van der Waals surface area contributed by atoms with Crippen LogP contribution in [0.1, 0.15) is 92.9 Å². The summed E-state index contributed by atoms with van der Waals surface area (Å²) in [4.78, 5) is 110. The smallest absolute Gasteiger partial charge is 0.340 e. The van der Waals surface area contributed by atoms with Gasteiger partial charge in [-0.15, -0.1) is 0 Å². The molecule has 306 valence electrons. The highest BCUT2D eigenvalue weighted by atomic mass is 16.6. The summed E-state index contributed by atoms with van der Waals surface area (Å²) in [6, 6.07) is 2.95. The zero-order valence-electron chi connectivity index (χ0n) is 33.6. The van der Waals surface area contributed by atoms with Crippen molar-refractivity contribution >= 4 is 47.6 Å². The summed E-state index contributed by atoms with van der Waals surface area (Å²) < 4.78 is 41.0. The average Bonchev–Trinajstić information content (AvgIpc) is 3.29. The van der Waals surface area contributed by atoms with E-state index in [-0.39, 0.29) is 11.1 Å². The summed E-state index contributed by atoms with van der Waals surface area (Å²) in [5.41, 5.74) is -5.53. The average molecular weight is 786 g/mol. The van der Waals surface area contributed by atoms with Crippen LogP contribution in [-0.4, -0.2) is 94.8 Å². The monoisotopic (exact) mass is 785 g/mol. The van der Waals surface area contributed by atoms with Crippen LogP contribution in [0.15, 0.2) is 48.3 Å². The molecule has 2 aliphatic carbocycles. The Morgan fingerprint density at radius 3 is 1.96 bits per heavy atom. The molecule has 0 radical (unpaired) electrons. The van der Waals surface area contributed by atoms with E-state index in [2.05, 4.69) is 4.98 Å². The topological polar surface area (TPSA) is 214 Å². The third-order valence-electron chi connectivity index (χ3n) is 9.40. The maximum atomic E-state index is 14.9. The molecule has 0 aliphatic heterocycles. The summed E-state index contributed by atoms with van der Waals surface area (Å²) in [5.74, 6) is -10.1. The molecule has 0 amide bonds. The number of ether oxygens (including phenoxy) is 7. The molecule has 8 atom stereocenters. The molecule has 1 fully saturated rings. The van der Waals surface area contributed by atoms with Gasteiger partial charge < -0.3 is 33.2 Å². The maximum Gasteiger partial charge on any atom is 0.340 e. The molecule has 0 bridgehead atoms. The number of aromatic nitrogens is 1. The number of carbonyl (C=O) groups excluding carboxylic acids is 8. The van der Waals surface area contributed by atoms with Crippen molar-refractivity contribution in [2.45, 2.75) is 118 Å². The van der Waals surface area contributed by atoms with Gasteiger partial charge in [-0.2, -0.15) is 0 Å². The minimum Gasteiger partial charge on any atom is -0.461 e. The van der Waals surface area contributed by atoms with Crippen LogP contribution in [0, 0.1) is 23.2 Å². The molecule has 1 aromatic rings. The van der Waals surface area contributed by atoms with E-state index in [1.807, 2.05) is 0 Å². The van der Waals surface area contributed by atoms with Crippen LogP contribution < -0.4 is 0 Å². The first-order chi connectivity index (χ1) is 25.9. The summed E-state index contributed by atoms with van der Waals surface area (Å²) in [6.07, 6.45) is -0.0268. The number of pyridine rings is 1. The summed E-state index contributed by atoms with van der Waals surface area (Å²) in [5, 5.41) is 0. The van der Waals surface area contributed by atoms with Crippen LogP contribution in [0.4, 0.5) is 0 Å². The van der Waals surface area contributed by atoms with Gasteiger partial charge in [0.15, 0.2) is 41.4 Å². The van der Waals surface area contributed by atoms with Crippen LogP contribution in [0.2, 0.25) is 0 Å². The number of ketones is 1. The predicted molar refractivity (Wildman–Crippen MR) is 194 cm³/mol. The van der Waals surface area contributed by atoms with Gasteiger partial charge in [0.05, 0.1) is 17.4 Å². The first-order valence-corrected chi connectivity index (χ1v) is 18.1. The van der Waals surface area contributed by atoms with Gasteiger partial charge in [0.1, 0.15) is 6.61 Å². The van der Waals surface area contributed by atoms with Gasteiger partial charge in [-0.3, -0.25) is 38.5 Å². The molecule has 0 N–H and O–H groups in total. The van der Waals surface area contributed by atoms with Gasteiger partial charge in [-0.05, 0) is 19.1 Å². The molecule has 1 heterocycles. The van der Waals surface area contributed by atoms with Gasteiger partial charge in [0.25, 0.3) is 0 Å². The zero-order chi connectivity index (χ0) is 42.3. The highest BCUT2D eigenvalue weighted by molar-refractivity contribution is 5.94. The van der Waals surface area contributed by atoms with Crippen molar-refractivity contribution in [1.29, 1.82) is 0 Å². The number of hydrogen-bond donors (Lipinski definition) is 0. The Kier molecular flexibility index (Phi) is 14.5. The van der Waals surface area contributed by atoms with Crippen molar-refractivity contribution in [3.63, 3.8) is 0 Å². The standard InChI is InChI=1S/C40H51NO15/c1-21(2)36(48)53-31-29(19-50-23(4)42)17-30-34(52-25(6)44)39(11,55-26(7)45)20-40(30,56-27(8)46)33(47)22(3)14-15-38(9,10)35(32(31)51-24(5)43)54-37(49)28-13-12-16-41-18-28/h12-18,21-22,30-32,34-35H,19-20H2,1-11H3/b15-14+,29-17-/t22-,30+,31+,32-,34-,35-,39-,40-/m1/s1. The van der Waals surface area contributed by atoms with Crippen molar-refractivity contribution in [1.82, 2.24) is 4.98 Å². The number of rotatable bonds is 10. The SMILES string of the molecule is CC(=O)OC/C1=C/[C@H]2[C@@H](OC(C)=O)[C@](C)(OC(C)=O)C[C@]2(OC(C)=O)C(=O)[C@H](C)/C=C/C(C)(C)[C@H](OC(=O)c2cccnc2)[C@H](OC(C)=O)[C@H]1OC(=O)C(C)C. The third-order valence-corrected chi connectivity index (χ3v) is 9.40. The molecule has 56 heavy (non-hydrogen) atoms. The van der Waals surface area contributed by atoms with E-state index in [1.165, 1.54) is 70.4 Å². The molecule has 2 aliphatic rings. The Hall–Kier alpha value is -5.41. The Morgan fingerprint density at radius 1 is 0.821 bits per heavy atom. The third kappa shape index (κ3) is 10.7. The van der Waals surface area contributed by atoms with Crippen molar-refractivity contribution in [3.05, 3.63) is 53.9 Å². The van der Waals surface area contributed by atoms with Gasteiger partial charge in [0, 0.05) is 70.3 Å². The molecular weight excluding hydrogens is 734 g/mol. The van der Waals surface area contributed by atoms with Gasteiger partial charge in [-0.1, -0.05) is 52.8 Å². The summed E-state index contributed by atoms with van der Waals surface area (Å²) in [7, 11) is 0. The second-order valence-corrected chi connectivity index (χ2v) is 15.1. The molecule has 0 saturated heterocycles. The van der Waals surface area contributed by atoms with E-state index in [0.717, 1.165) is 34.6 Å². The minimum absolute atomic E-state index is 0.0287. The van der Waals surface area contributed by atoms with E-state index in [1.54, 1.807) is 13.8 Å². The second-order valence-electron chi connectivity index (χ2n) is 15.1. The molecule has 1 saturated carbocycles. The van der Waals surface area contributed by atoms with Crippen molar-refractivity contribution < 1.29 is 71.5 Å². The van der Waals surface area contributed by atoms with Crippen LogP contribution in [0.3, 0.4) is 0 Å². The van der Waals surface area contributed by atoms with E-state index < -0.39 is 119 Å². The number of nitrogens with zero attached hydrogens (tertiary/aromatic N) is 1. The summed E-state index contributed by atoms with van der Waals surface area (Å²) >= 11 is 0. The second kappa shape index (κ2) is 18.0. The maximum absolute atomic E-state index is 14.9. The molecule has 3 rings (SSSR count). The molecule has 0 spiro atoms. The Labute approximate surface area is 325 Å². The van der Waals surface area contributed by atoms with Gasteiger partial charge >= 0.3 is 41.8 Å². The van der Waals surface area contributed by atoms with Crippen LogP contribution >= 0.6 is 0 Å². The van der Waals surface area contributed by atoms with Gasteiger partial charge in [-0.25, -0.2) is 4.79 Å². The molecule has 16 nitrogen and oxygen atoms in total. The first-order valence-electron chi connectivity index (χ1n) is 18.1. The fraction of sp³-hybridized carbons (Fsp3) is 0.575. The zero-order valence-corrected chi connectivity index (χ0v) is 33.6. The number of hydrogen-bond acceptors (Lipinski definition) is 16. The van der Waals surface area contributed by atoms with Gasteiger partial charge in [0.2, 0.25) is 0 Å². The van der Waals surface area contributed by atoms with E-state index in [4.69, 9.17) is 33.2 Å². The molecule has 16 heteroatoms. The first kappa shape index (κ1) is 45.0. The largest absolute Gasteiger partial charge is 0.461 e. The fourth-order valence-corrected chi connectivity index (χ4v) is 7.05. The Balaban J connectivity index is 2.60. The Bertz CT molecular complexity index is 1760. The lowest BCUT2D eigenvalue weighted by atomic mass is 9.75. The number of allylic oxidation sites excluding steroid dienone is 1. The minimum atomic E-state index is -2.24. The highest BCUT2D eigenvalue weighted by Gasteiger charge is 2.68. The van der Waals surface area contributed by atoms with Crippen LogP contribution in [-0.2, 0) is 66.7 Å². The summed E-state index contributed by atoms with van der Waals surface area (Å²) in [6.45, 7) is 14.0. The quantitative estimate of drug-likeness (QED) is 0.186. The number of esters is 7. The lowest BCUT2D eigenvalue weighted by Gasteiger charge is -2.41. The van der Waals surface area contributed by atoms with Crippen LogP contribution in [0.25, 0.3) is 0 Å². The number of carbonyl (C=O) groups is 8. The number of fused-ring (bicyclic) bond motifs is 1. The molecule has 1 aromatic heterocycles. The Morgan fingerprint density at radius 2 is 1.45 bits per heavy atom. The van der Waals surface area contributed by atoms with E-state index in [9.17, 15) is 38.4 Å². The predicted octanol–water partition coefficient (Wildman–Crippen LogP) is 3.97. The normalized spacial score (nSPS) is 30.1. The van der Waals surface area contributed by atoms with Crippen molar-refractivity contribution in [3.8, 4) is 0 Å². The molecule has 0 unspecified atom stereocenters. The van der Waals surface area contributed by atoms with E-state index >= 15 is 0 Å². The van der Waals surface area contributed by atoms with Crippen molar-refractivity contribution in [2.24, 2.45) is 23.2 Å². The number of Topliss-reactive ketones (excluding diaryl/α,β-unsaturated/α-hetero) is 1. The fourth-order valence-electron chi connectivity index (χ4n) is 7.05. The lowest BCUT2D eigenvalue weighted by molar-refractivity contribution is -0.181. The van der Waals surface area contributed by atoms with Crippen molar-refractivity contribution in [2.75, 3.05) is 6.61 Å². The van der Waals surface area contributed by atoms with E-state index in [0.29, 0.717) is 0 Å².